The molecule has 0 saturated carbocycles. The Hall–Kier alpha value is -0.900. The number of aromatic nitrogens is 3. The number of hydrogen-bond acceptors (Lipinski definition) is 3. The fraction of sp³-hybridized carbons (Fsp3) is 0.778. The molecule has 1 rings (SSSR count). The van der Waals surface area contributed by atoms with Gasteiger partial charge in [0.15, 0.2) is 0 Å². The molecule has 1 aromatic heterocycles. The molecule has 0 amide bonds. The summed E-state index contributed by atoms with van der Waals surface area (Å²) in [5.74, 6) is 2.15. The Morgan fingerprint density at radius 3 is 2.77 bits per heavy atom. The highest BCUT2D eigenvalue weighted by atomic mass is 15.2. The SMILES string of the molecule is CC(C)CC(CN)Cc1ncn[nH]1. The smallest absolute Gasteiger partial charge is 0.137 e. The molecule has 13 heavy (non-hydrogen) atoms. The van der Waals surface area contributed by atoms with E-state index >= 15 is 0 Å². The van der Waals surface area contributed by atoms with E-state index in [1.165, 1.54) is 6.33 Å². The zero-order valence-electron chi connectivity index (χ0n) is 8.33. The monoisotopic (exact) mass is 182 g/mol. The van der Waals surface area contributed by atoms with Gasteiger partial charge in [0.05, 0.1) is 0 Å². The third kappa shape index (κ3) is 3.55. The van der Waals surface area contributed by atoms with Crippen molar-refractivity contribution in [2.75, 3.05) is 6.54 Å². The Balaban J connectivity index is 2.40. The molecule has 1 aromatic rings. The van der Waals surface area contributed by atoms with Gasteiger partial charge in [-0.25, -0.2) is 4.98 Å². The van der Waals surface area contributed by atoms with E-state index in [9.17, 15) is 0 Å². The molecule has 0 fully saturated rings. The first-order valence-corrected chi connectivity index (χ1v) is 4.76. The Morgan fingerprint density at radius 2 is 2.31 bits per heavy atom. The van der Waals surface area contributed by atoms with E-state index in [0.717, 1.165) is 25.2 Å². The highest BCUT2D eigenvalue weighted by Gasteiger charge is 2.11. The van der Waals surface area contributed by atoms with E-state index in [1.807, 2.05) is 0 Å². The van der Waals surface area contributed by atoms with Crippen LogP contribution in [0.5, 0.6) is 0 Å². The molecular formula is C9H18N4. The number of nitrogens with one attached hydrogen (secondary N) is 1. The van der Waals surface area contributed by atoms with Crippen molar-refractivity contribution in [1.82, 2.24) is 15.2 Å². The van der Waals surface area contributed by atoms with Gasteiger partial charge in [-0.2, -0.15) is 5.10 Å². The van der Waals surface area contributed by atoms with Crippen molar-refractivity contribution >= 4 is 0 Å². The van der Waals surface area contributed by atoms with Crippen LogP contribution in [0.25, 0.3) is 0 Å². The van der Waals surface area contributed by atoms with Gasteiger partial charge in [-0.15, -0.1) is 0 Å². The van der Waals surface area contributed by atoms with Crippen LogP contribution in [-0.4, -0.2) is 21.7 Å². The van der Waals surface area contributed by atoms with E-state index in [4.69, 9.17) is 5.73 Å². The average Bonchev–Trinajstić information content (AvgIpc) is 2.55. The molecule has 4 heteroatoms. The minimum Gasteiger partial charge on any atom is -0.330 e. The molecule has 1 heterocycles. The Kier molecular flexibility index (Phi) is 3.89. The summed E-state index contributed by atoms with van der Waals surface area (Å²) < 4.78 is 0. The molecule has 1 unspecified atom stereocenters. The van der Waals surface area contributed by atoms with Crippen LogP contribution < -0.4 is 5.73 Å². The zero-order valence-corrected chi connectivity index (χ0v) is 8.33. The van der Waals surface area contributed by atoms with Gasteiger partial charge in [0.25, 0.3) is 0 Å². The second-order valence-corrected chi connectivity index (χ2v) is 3.87. The normalized spacial score (nSPS) is 13.5. The van der Waals surface area contributed by atoms with Crippen LogP contribution in [0.2, 0.25) is 0 Å². The number of rotatable bonds is 5. The van der Waals surface area contributed by atoms with Gasteiger partial charge < -0.3 is 5.73 Å². The minimum atomic E-state index is 0.521. The summed E-state index contributed by atoms with van der Waals surface area (Å²) in [6, 6.07) is 0. The van der Waals surface area contributed by atoms with Crippen molar-refractivity contribution in [3.8, 4) is 0 Å². The molecule has 0 aliphatic rings. The summed E-state index contributed by atoms with van der Waals surface area (Å²) in [4.78, 5) is 4.09. The first-order valence-electron chi connectivity index (χ1n) is 4.76. The Bertz CT molecular complexity index is 218. The molecule has 0 radical (unpaired) electrons. The molecule has 0 spiro atoms. The summed E-state index contributed by atoms with van der Waals surface area (Å²) >= 11 is 0. The van der Waals surface area contributed by atoms with Gasteiger partial charge in [0, 0.05) is 6.42 Å². The van der Waals surface area contributed by atoms with Crippen molar-refractivity contribution < 1.29 is 0 Å². The molecule has 4 nitrogen and oxygen atoms in total. The number of nitrogens with two attached hydrogens (primary N) is 1. The maximum Gasteiger partial charge on any atom is 0.137 e. The molecule has 74 valence electrons. The van der Waals surface area contributed by atoms with Crippen LogP contribution in [0, 0.1) is 11.8 Å². The van der Waals surface area contributed by atoms with Crippen LogP contribution in [0.1, 0.15) is 26.1 Å². The predicted octanol–water partition coefficient (Wildman–Crippen LogP) is 0.968. The Morgan fingerprint density at radius 1 is 1.54 bits per heavy atom. The van der Waals surface area contributed by atoms with Crippen molar-refractivity contribution in [3.63, 3.8) is 0 Å². The van der Waals surface area contributed by atoms with Gasteiger partial charge in [0.1, 0.15) is 12.2 Å². The lowest BCUT2D eigenvalue weighted by molar-refractivity contribution is 0.409. The fourth-order valence-corrected chi connectivity index (χ4v) is 1.53. The Labute approximate surface area is 78.9 Å². The van der Waals surface area contributed by atoms with Crippen LogP contribution in [-0.2, 0) is 6.42 Å². The topological polar surface area (TPSA) is 67.6 Å². The van der Waals surface area contributed by atoms with Crippen LogP contribution in [0.3, 0.4) is 0 Å². The number of H-pyrrole nitrogens is 1. The molecule has 0 aliphatic carbocycles. The molecule has 3 N–H and O–H groups in total. The summed E-state index contributed by atoms with van der Waals surface area (Å²) in [5, 5.41) is 6.67. The lowest BCUT2D eigenvalue weighted by Crippen LogP contribution is -2.19. The highest BCUT2D eigenvalue weighted by Crippen LogP contribution is 2.13. The zero-order chi connectivity index (χ0) is 9.68. The van der Waals surface area contributed by atoms with E-state index in [1.54, 1.807) is 0 Å². The third-order valence-electron chi connectivity index (χ3n) is 2.09. The van der Waals surface area contributed by atoms with Crippen molar-refractivity contribution in [2.45, 2.75) is 26.7 Å². The maximum absolute atomic E-state index is 5.68. The molecule has 0 aliphatic heterocycles. The van der Waals surface area contributed by atoms with Gasteiger partial charge in [0.2, 0.25) is 0 Å². The molecule has 0 saturated heterocycles. The lowest BCUT2D eigenvalue weighted by Gasteiger charge is -2.14. The van der Waals surface area contributed by atoms with Crippen molar-refractivity contribution in [2.24, 2.45) is 17.6 Å². The first kappa shape index (κ1) is 10.2. The van der Waals surface area contributed by atoms with Gasteiger partial charge in [-0.05, 0) is 24.8 Å². The van der Waals surface area contributed by atoms with Gasteiger partial charge >= 0.3 is 0 Å². The standard InChI is InChI=1S/C9H18N4/c1-7(2)3-8(5-10)4-9-11-6-12-13-9/h6-8H,3-5,10H2,1-2H3,(H,11,12,13). The van der Waals surface area contributed by atoms with E-state index in [-0.39, 0.29) is 0 Å². The predicted molar refractivity (Wildman–Crippen MR) is 52.1 cm³/mol. The van der Waals surface area contributed by atoms with E-state index in [0.29, 0.717) is 11.8 Å². The van der Waals surface area contributed by atoms with Crippen LogP contribution in [0.4, 0.5) is 0 Å². The highest BCUT2D eigenvalue weighted by molar-refractivity contribution is 4.83. The summed E-state index contributed by atoms with van der Waals surface area (Å²) in [6.07, 6.45) is 3.60. The number of aromatic amines is 1. The van der Waals surface area contributed by atoms with Gasteiger partial charge in [-0.1, -0.05) is 13.8 Å². The third-order valence-corrected chi connectivity index (χ3v) is 2.09. The molecule has 0 aromatic carbocycles. The lowest BCUT2D eigenvalue weighted by atomic mass is 9.94. The van der Waals surface area contributed by atoms with Crippen molar-refractivity contribution in [1.29, 1.82) is 0 Å². The quantitative estimate of drug-likeness (QED) is 0.713. The molecule has 1 atom stereocenters. The summed E-state index contributed by atoms with van der Waals surface area (Å²) in [7, 11) is 0. The summed E-state index contributed by atoms with van der Waals surface area (Å²) in [6.45, 7) is 5.14. The maximum atomic E-state index is 5.68. The second-order valence-electron chi connectivity index (χ2n) is 3.87. The molecule has 0 bridgehead atoms. The minimum absolute atomic E-state index is 0.521. The largest absolute Gasteiger partial charge is 0.330 e. The average molecular weight is 182 g/mol. The van der Waals surface area contributed by atoms with Crippen molar-refractivity contribution in [3.05, 3.63) is 12.2 Å². The summed E-state index contributed by atoms with van der Waals surface area (Å²) in [5.41, 5.74) is 5.68. The molecular weight excluding hydrogens is 164 g/mol. The van der Waals surface area contributed by atoms with E-state index in [2.05, 4.69) is 29.0 Å². The number of hydrogen-bond donors (Lipinski definition) is 2. The van der Waals surface area contributed by atoms with Crippen LogP contribution >= 0.6 is 0 Å². The van der Waals surface area contributed by atoms with Gasteiger partial charge in [-0.3, -0.25) is 5.10 Å². The van der Waals surface area contributed by atoms with E-state index < -0.39 is 0 Å². The second kappa shape index (κ2) is 4.97. The first-order chi connectivity index (χ1) is 6.22. The fourth-order valence-electron chi connectivity index (χ4n) is 1.53. The number of nitrogens with zero attached hydrogens (tertiary/aromatic N) is 2. The van der Waals surface area contributed by atoms with Crippen LogP contribution in [0.15, 0.2) is 6.33 Å².